The molecule has 0 bridgehead atoms. The highest BCUT2D eigenvalue weighted by Crippen LogP contribution is 2.30. The average Bonchev–Trinajstić information content (AvgIpc) is 2.03. The van der Waals surface area contributed by atoms with E-state index in [1.165, 1.54) is 12.3 Å². The van der Waals surface area contributed by atoms with E-state index in [-0.39, 0.29) is 0 Å². The van der Waals surface area contributed by atoms with E-state index >= 15 is 0 Å². The molecule has 1 heteroatoms. The zero-order valence-electron chi connectivity index (χ0n) is 7.43. The monoisotopic (exact) mass is 168 g/mol. The standard InChI is InChI=1S/C10H17P/c1-4-9(3)10-5-8(2)6-11-7-10/h4-5,8-9,11H,1,6-7H2,2-3H3. The average molecular weight is 168 g/mol. The first-order chi connectivity index (χ1) is 5.24. The van der Waals surface area contributed by atoms with Gasteiger partial charge in [0.2, 0.25) is 0 Å². The van der Waals surface area contributed by atoms with Gasteiger partial charge in [-0.1, -0.05) is 31.6 Å². The zero-order valence-corrected chi connectivity index (χ0v) is 8.43. The molecular formula is C10H17P. The molecule has 0 fully saturated rings. The van der Waals surface area contributed by atoms with Crippen molar-refractivity contribution in [2.24, 2.45) is 11.8 Å². The van der Waals surface area contributed by atoms with Gasteiger partial charge in [0.05, 0.1) is 0 Å². The van der Waals surface area contributed by atoms with Gasteiger partial charge < -0.3 is 0 Å². The number of hydrogen-bond donors (Lipinski definition) is 0. The maximum absolute atomic E-state index is 3.82. The fourth-order valence-corrected chi connectivity index (χ4v) is 2.84. The van der Waals surface area contributed by atoms with E-state index in [9.17, 15) is 0 Å². The van der Waals surface area contributed by atoms with Gasteiger partial charge >= 0.3 is 0 Å². The minimum atomic E-state index is 0.602. The second kappa shape index (κ2) is 4.07. The molecule has 0 aromatic heterocycles. The van der Waals surface area contributed by atoms with Gasteiger partial charge in [-0.2, -0.15) is 0 Å². The van der Waals surface area contributed by atoms with Gasteiger partial charge in [0.25, 0.3) is 0 Å². The van der Waals surface area contributed by atoms with Crippen LogP contribution in [0.3, 0.4) is 0 Å². The van der Waals surface area contributed by atoms with Crippen LogP contribution in [0.4, 0.5) is 0 Å². The molecule has 3 atom stereocenters. The van der Waals surface area contributed by atoms with E-state index in [0.717, 1.165) is 14.5 Å². The summed E-state index contributed by atoms with van der Waals surface area (Å²) >= 11 is 0. The highest BCUT2D eigenvalue weighted by Gasteiger charge is 2.11. The molecule has 0 spiro atoms. The van der Waals surface area contributed by atoms with Crippen molar-refractivity contribution < 1.29 is 0 Å². The largest absolute Gasteiger partial charge is 0.117 e. The van der Waals surface area contributed by atoms with Gasteiger partial charge in [0.15, 0.2) is 0 Å². The number of allylic oxidation sites excluding steroid dienone is 3. The molecule has 1 rings (SSSR count). The van der Waals surface area contributed by atoms with Crippen molar-refractivity contribution in [1.29, 1.82) is 0 Å². The van der Waals surface area contributed by atoms with Crippen molar-refractivity contribution in [2.45, 2.75) is 13.8 Å². The van der Waals surface area contributed by atoms with Crippen LogP contribution in [0.5, 0.6) is 0 Å². The van der Waals surface area contributed by atoms with Crippen LogP contribution in [-0.4, -0.2) is 12.3 Å². The topological polar surface area (TPSA) is 0 Å². The van der Waals surface area contributed by atoms with Crippen molar-refractivity contribution in [1.82, 2.24) is 0 Å². The van der Waals surface area contributed by atoms with Gasteiger partial charge in [0, 0.05) is 0 Å². The van der Waals surface area contributed by atoms with Gasteiger partial charge in [-0.3, -0.25) is 0 Å². The first kappa shape index (κ1) is 9.00. The van der Waals surface area contributed by atoms with E-state index in [1.54, 1.807) is 5.57 Å². The van der Waals surface area contributed by atoms with Gasteiger partial charge in [-0.05, 0) is 24.2 Å². The molecule has 0 aromatic carbocycles. The summed E-state index contributed by atoms with van der Waals surface area (Å²) < 4.78 is 0. The van der Waals surface area contributed by atoms with E-state index in [0.29, 0.717) is 5.92 Å². The third kappa shape index (κ3) is 2.45. The molecule has 1 aliphatic rings. The fourth-order valence-electron chi connectivity index (χ4n) is 1.39. The minimum Gasteiger partial charge on any atom is -0.117 e. The van der Waals surface area contributed by atoms with Gasteiger partial charge in [0.1, 0.15) is 0 Å². The molecule has 1 heterocycles. The van der Waals surface area contributed by atoms with Crippen LogP contribution in [0.25, 0.3) is 0 Å². The summed E-state index contributed by atoms with van der Waals surface area (Å²) in [6.45, 7) is 8.37. The Morgan fingerprint density at radius 2 is 2.55 bits per heavy atom. The number of hydrogen-bond acceptors (Lipinski definition) is 0. The second-order valence-corrected chi connectivity index (χ2v) is 4.64. The Hall–Kier alpha value is -0.0900. The maximum Gasteiger partial charge on any atom is -0.00508 e. The van der Waals surface area contributed by atoms with E-state index in [1.807, 2.05) is 6.08 Å². The molecule has 3 unspecified atom stereocenters. The highest BCUT2D eigenvalue weighted by molar-refractivity contribution is 7.38. The quantitative estimate of drug-likeness (QED) is 0.439. The molecule has 0 amide bonds. The first-order valence-corrected chi connectivity index (χ1v) is 5.69. The maximum atomic E-state index is 3.82. The van der Waals surface area contributed by atoms with Crippen LogP contribution in [0.2, 0.25) is 0 Å². The molecule has 0 N–H and O–H groups in total. The summed E-state index contributed by atoms with van der Waals surface area (Å²) in [5.74, 6) is 1.41. The summed E-state index contributed by atoms with van der Waals surface area (Å²) in [5, 5.41) is 0. The third-order valence-corrected chi connectivity index (χ3v) is 3.82. The third-order valence-electron chi connectivity index (χ3n) is 2.23. The molecule has 62 valence electrons. The van der Waals surface area contributed by atoms with E-state index in [4.69, 9.17) is 0 Å². The molecule has 0 aliphatic carbocycles. The summed E-state index contributed by atoms with van der Waals surface area (Å²) in [6.07, 6.45) is 7.20. The fraction of sp³-hybridized carbons (Fsp3) is 0.600. The molecule has 0 saturated carbocycles. The Bertz CT molecular complexity index is 170. The summed E-state index contributed by atoms with van der Waals surface area (Å²) in [6, 6.07) is 0. The van der Waals surface area contributed by atoms with Crippen molar-refractivity contribution in [3.63, 3.8) is 0 Å². The number of rotatable bonds is 2. The Kier molecular flexibility index (Phi) is 3.33. The van der Waals surface area contributed by atoms with Crippen molar-refractivity contribution in [3.05, 3.63) is 24.3 Å². The summed E-state index contributed by atoms with van der Waals surface area (Å²) in [7, 11) is 1.14. The SMILES string of the molecule is C=CC(C)C1=CC(C)CPC1. The van der Waals surface area contributed by atoms with Crippen LogP contribution in [0.1, 0.15) is 13.8 Å². The van der Waals surface area contributed by atoms with Crippen LogP contribution in [0.15, 0.2) is 24.3 Å². The molecular weight excluding hydrogens is 151 g/mol. The molecule has 0 radical (unpaired) electrons. The van der Waals surface area contributed by atoms with E-state index in [2.05, 4.69) is 26.5 Å². The Morgan fingerprint density at radius 3 is 3.09 bits per heavy atom. The minimum absolute atomic E-state index is 0.602. The predicted octanol–water partition coefficient (Wildman–Crippen LogP) is 3.06. The van der Waals surface area contributed by atoms with Crippen molar-refractivity contribution >= 4 is 8.58 Å². The highest BCUT2D eigenvalue weighted by atomic mass is 31.1. The molecule has 11 heavy (non-hydrogen) atoms. The van der Waals surface area contributed by atoms with Crippen LogP contribution in [0, 0.1) is 11.8 Å². The smallest absolute Gasteiger partial charge is 0.00508 e. The Labute approximate surface area is 71.6 Å². The van der Waals surface area contributed by atoms with Gasteiger partial charge in [-0.25, -0.2) is 0 Å². The van der Waals surface area contributed by atoms with E-state index < -0.39 is 0 Å². The lowest BCUT2D eigenvalue weighted by molar-refractivity contribution is 0.772. The molecule has 1 aliphatic heterocycles. The summed E-state index contributed by atoms with van der Waals surface area (Å²) in [4.78, 5) is 0. The van der Waals surface area contributed by atoms with Crippen molar-refractivity contribution in [2.75, 3.05) is 12.3 Å². The lowest BCUT2D eigenvalue weighted by atomic mass is 9.99. The Morgan fingerprint density at radius 1 is 1.82 bits per heavy atom. The van der Waals surface area contributed by atoms with Crippen LogP contribution < -0.4 is 0 Å². The summed E-state index contributed by atoms with van der Waals surface area (Å²) in [5.41, 5.74) is 1.61. The van der Waals surface area contributed by atoms with Gasteiger partial charge in [-0.15, -0.1) is 15.2 Å². The normalized spacial score (nSPS) is 29.6. The Balaban J connectivity index is 2.62. The zero-order chi connectivity index (χ0) is 8.27. The first-order valence-electron chi connectivity index (χ1n) is 4.28. The second-order valence-electron chi connectivity index (χ2n) is 3.37. The lowest BCUT2D eigenvalue weighted by Crippen LogP contribution is -2.08. The molecule has 0 saturated heterocycles. The van der Waals surface area contributed by atoms with Crippen molar-refractivity contribution in [3.8, 4) is 0 Å². The van der Waals surface area contributed by atoms with Crippen LogP contribution >= 0.6 is 8.58 Å². The lowest BCUT2D eigenvalue weighted by Gasteiger charge is -2.20. The molecule has 0 nitrogen and oxygen atoms in total. The predicted molar refractivity (Wildman–Crippen MR) is 54.7 cm³/mol. The van der Waals surface area contributed by atoms with Crippen LogP contribution in [-0.2, 0) is 0 Å². The molecule has 0 aromatic rings.